The maximum absolute atomic E-state index is 13.9. The first-order chi connectivity index (χ1) is 14.0. The molecule has 4 aromatic rings. The number of hydrogen-bond donors (Lipinski definition) is 3. The number of carboxylic acid groups (broad SMARTS) is 1. The monoisotopic (exact) mass is 397 g/mol. The lowest BCUT2D eigenvalue weighted by molar-refractivity contribution is 0.160. The van der Waals surface area contributed by atoms with E-state index in [2.05, 4.69) is 25.7 Å². The largest absolute Gasteiger partial charge is 0.465 e. The molecule has 0 aliphatic carbocycles. The van der Waals surface area contributed by atoms with Gasteiger partial charge in [0.25, 0.3) is 0 Å². The number of para-hydroxylation sites is 1. The first-order valence-electron chi connectivity index (χ1n) is 8.69. The lowest BCUT2D eigenvalue weighted by atomic mass is 10.1. The summed E-state index contributed by atoms with van der Waals surface area (Å²) in [5.41, 5.74) is 1.79. The highest BCUT2D eigenvalue weighted by Crippen LogP contribution is 2.24. The number of aromatic nitrogens is 6. The quantitative estimate of drug-likeness (QED) is 0.455. The van der Waals surface area contributed by atoms with Crippen LogP contribution in [-0.2, 0) is 6.42 Å². The van der Waals surface area contributed by atoms with Crippen LogP contribution in [0.25, 0.3) is 11.2 Å². The van der Waals surface area contributed by atoms with Crippen molar-refractivity contribution < 1.29 is 19.4 Å². The summed E-state index contributed by atoms with van der Waals surface area (Å²) in [5, 5.41) is 33.7. The van der Waals surface area contributed by atoms with Crippen molar-refractivity contribution in [2.45, 2.75) is 18.9 Å². The van der Waals surface area contributed by atoms with E-state index in [-0.39, 0.29) is 5.82 Å². The third-order valence-corrected chi connectivity index (χ3v) is 4.36. The Balaban J connectivity index is 1.49. The maximum atomic E-state index is 13.9. The van der Waals surface area contributed by atoms with Gasteiger partial charge in [-0.1, -0.05) is 17.3 Å². The van der Waals surface area contributed by atoms with Gasteiger partial charge >= 0.3 is 6.09 Å². The van der Waals surface area contributed by atoms with Crippen LogP contribution in [0.15, 0.2) is 48.9 Å². The van der Waals surface area contributed by atoms with Crippen LogP contribution in [0.4, 0.5) is 15.0 Å². The Morgan fingerprint density at radius 2 is 2.07 bits per heavy atom. The van der Waals surface area contributed by atoms with Crippen molar-refractivity contribution in [2.75, 3.05) is 5.32 Å². The minimum Gasteiger partial charge on any atom is -0.465 e. The Labute approximate surface area is 163 Å². The van der Waals surface area contributed by atoms with E-state index in [1.165, 1.54) is 21.6 Å². The number of carbonyl (C=O) groups is 1. The molecule has 0 spiro atoms. The van der Waals surface area contributed by atoms with Crippen molar-refractivity contribution in [3.63, 3.8) is 0 Å². The Morgan fingerprint density at radius 1 is 1.24 bits per heavy atom. The standard InChI is InChI=1S/C18H16FN7O3/c19-12-3-1-2-4-13(12)25-9-11(23-24-25)5-8-16(27)14-6-7-15-17(22-18(28)29)20-10-21-26(14)15/h1-4,6-7,9-10,16,27H,5,8H2,(H,28,29)(H,20,21,22). The van der Waals surface area contributed by atoms with Gasteiger partial charge in [0.15, 0.2) is 5.82 Å². The van der Waals surface area contributed by atoms with Gasteiger partial charge in [0, 0.05) is 0 Å². The number of hydrogen-bond acceptors (Lipinski definition) is 6. The molecule has 10 nitrogen and oxygen atoms in total. The van der Waals surface area contributed by atoms with Gasteiger partial charge in [-0.05, 0) is 37.1 Å². The van der Waals surface area contributed by atoms with Crippen molar-refractivity contribution in [1.82, 2.24) is 29.6 Å². The van der Waals surface area contributed by atoms with E-state index < -0.39 is 18.0 Å². The molecule has 0 bridgehead atoms. The lowest BCUT2D eigenvalue weighted by Gasteiger charge is -2.10. The molecule has 0 radical (unpaired) electrons. The summed E-state index contributed by atoms with van der Waals surface area (Å²) in [7, 11) is 0. The van der Waals surface area contributed by atoms with Gasteiger partial charge in [-0.3, -0.25) is 5.32 Å². The number of benzene rings is 1. The van der Waals surface area contributed by atoms with Gasteiger partial charge in [-0.25, -0.2) is 23.4 Å². The predicted molar refractivity (Wildman–Crippen MR) is 99.2 cm³/mol. The molecule has 0 aliphatic heterocycles. The summed E-state index contributed by atoms with van der Waals surface area (Å²) in [6.07, 6.45) is 1.39. The van der Waals surface area contributed by atoms with Crippen LogP contribution in [0.5, 0.6) is 0 Å². The van der Waals surface area contributed by atoms with Crippen LogP contribution in [0, 0.1) is 5.82 Å². The lowest BCUT2D eigenvalue weighted by Crippen LogP contribution is -2.12. The Bertz CT molecular complexity index is 1170. The number of aliphatic hydroxyl groups is 1. The fourth-order valence-electron chi connectivity index (χ4n) is 3.00. The maximum Gasteiger partial charge on any atom is 0.410 e. The molecule has 1 unspecified atom stereocenters. The highest BCUT2D eigenvalue weighted by atomic mass is 19.1. The van der Waals surface area contributed by atoms with Crippen LogP contribution in [-0.4, -0.2) is 45.9 Å². The molecule has 1 aromatic carbocycles. The molecule has 0 saturated carbocycles. The van der Waals surface area contributed by atoms with Crippen molar-refractivity contribution in [2.24, 2.45) is 0 Å². The molecule has 0 aliphatic rings. The van der Waals surface area contributed by atoms with Crippen LogP contribution < -0.4 is 5.32 Å². The second-order valence-electron chi connectivity index (χ2n) is 6.25. The molecule has 1 amide bonds. The van der Waals surface area contributed by atoms with E-state index >= 15 is 0 Å². The van der Waals surface area contributed by atoms with E-state index in [9.17, 15) is 14.3 Å². The molecular weight excluding hydrogens is 381 g/mol. The molecule has 29 heavy (non-hydrogen) atoms. The van der Waals surface area contributed by atoms with Crippen LogP contribution >= 0.6 is 0 Å². The summed E-state index contributed by atoms with van der Waals surface area (Å²) in [4.78, 5) is 14.8. The number of aliphatic hydroxyl groups excluding tert-OH is 1. The third kappa shape index (κ3) is 3.75. The summed E-state index contributed by atoms with van der Waals surface area (Å²) in [5.74, 6) is -0.284. The van der Waals surface area contributed by atoms with E-state index in [1.807, 2.05) is 0 Å². The van der Waals surface area contributed by atoms with Gasteiger partial charge < -0.3 is 10.2 Å². The van der Waals surface area contributed by atoms with Crippen LogP contribution in [0.1, 0.15) is 23.9 Å². The van der Waals surface area contributed by atoms with Gasteiger partial charge in [0.1, 0.15) is 23.3 Å². The van der Waals surface area contributed by atoms with Gasteiger partial charge in [0.2, 0.25) is 0 Å². The van der Waals surface area contributed by atoms with Gasteiger partial charge in [0.05, 0.1) is 23.7 Å². The Morgan fingerprint density at radius 3 is 2.86 bits per heavy atom. The number of anilines is 1. The molecule has 4 rings (SSSR count). The Kier molecular flexibility index (Phi) is 4.87. The first-order valence-corrected chi connectivity index (χ1v) is 8.69. The van der Waals surface area contributed by atoms with Gasteiger partial charge in [-0.2, -0.15) is 5.10 Å². The molecular formula is C18H16FN7O3. The van der Waals surface area contributed by atoms with Crippen molar-refractivity contribution in [3.8, 4) is 5.69 Å². The van der Waals surface area contributed by atoms with Gasteiger partial charge in [-0.15, -0.1) is 5.10 Å². The number of nitrogens with zero attached hydrogens (tertiary/aromatic N) is 6. The van der Waals surface area contributed by atoms with Crippen molar-refractivity contribution >= 4 is 17.4 Å². The second kappa shape index (κ2) is 7.64. The van der Waals surface area contributed by atoms with E-state index in [0.29, 0.717) is 35.4 Å². The number of fused-ring (bicyclic) bond motifs is 1. The number of rotatable bonds is 6. The molecule has 3 heterocycles. The average Bonchev–Trinajstić information content (AvgIpc) is 3.34. The smallest absolute Gasteiger partial charge is 0.410 e. The minimum atomic E-state index is -1.24. The molecule has 11 heteroatoms. The first kappa shape index (κ1) is 18.5. The van der Waals surface area contributed by atoms with E-state index in [4.69, 9.17) is 5.11 Å². The molecule has 3 N–H and O–H groups in total. The molecule has 1 atom stereocenters. The molecule has 148 valence electrons. The molecule has 0 fully saturated rings. The fourth-order valence-corrected chi connectivity index (χ4v) is 3.00. The summed E-state index contributed by atoms with van der Waals surface area (Å²) in [6, 6.07) is 9.51. The summed E-state index contributed by atoms with van der Waals surface area (Å²) >= 11 is 0. The average molecular weight is 397 g/mol. The number of halogens is 1. The van der Waals surface area contributed by atoms with Crippen LogP contribution in [0.2, 0.25) is 0 Å². The number of aryl methyl sites for hydroxylation is 1. The summed E-state index contributed by atoms with van der Waals surface area (Å²) < 4.78 is 16.6. The third-order valence-electron chi connectivity index (χ3n) is 4.36. The fraction of sp³-hybridized carbons (Fsp3) is 0.167. The van der Waals surface area contributed by atoms with E-state index in [1.54, 1.807) is 36.5 Å². The predicted octanol–water partition coefficient (Wildman–Crippen LogP) is 2.21. The number of nitrogens with one attached hydrogen (secondary N) is 1. The van der Waals surface area contributed by atoms with E-state index in [0.717, 1.165) is 0 Å². The zero-order chi connectivity index (χ0) is 20.4. The SMILES string of the molecule is O=C(O)Nc1ncnn2c(C(O)CCc3cn(-c4ccccc4F)nn3)ccc12. The molecule has 0 saturated heterocycles. The summed E-state index contributed by atoms with van der Waals surface area (Å²) in [6.45, 7) is 0. The highest BCUT2D eigenvalue weighted by Gasteiger charge is 2.17. The number of amides is 1. The second-order valence-corrected chi connectivity index (χ2v) is 6.25. The highest BCUT2D eigenvalue weighted by molar-refractivity contribution is 5.87. The molecule has 3 aromatic heterocycles. The minimum absolute atomic E-state index is 0.124. The Hall–Kier alpha value is -3.86. The normalized spacial score (nSPS) is 12.2. The van der Waals surface area contributed by atoms with Crippen LogP contribution in [0.3, 0.4) is 0 Å². The van der Waals surface area contributed by atoms with Crippen molar-refractivity contribution in [1.29, 1.82) is 0 Å². The van der Waals surface area contributed by atoms with Crippen molar-refractivity contribution in [3.05, 3.63) is 66.1 Å². The zero-order valence-electron chi connectivity index (χ0n) is 15.0. The topological polar surface area (TPSA) is 130 Å². The zero-order valence-corrected chi connectivity index (χ0v) is 15.0.